The summed E-state index contributed by atoms with van der Waals surface area (Å²) < 4.78 is 28.9. The summed E-state index contributed by atoms with van der Waals surface area (Å²) >= 11 is 6.12. The number of sulfone groups is 1. The molecule has 26 heavy (non-hydrogen) atoms. The topological polar surface area (TPSA) is 58.6 Å². The van der Waals surface area contributed by atoms with Crippen molar-refractivity contribution in [1.29, 1.82) is 0 Å². The third kappa shape index (κ3) is 4.69. The standard InChI is InChI=1S/C19H23ClN2O3S/c1-14-11-21-16(12-22(14)17-5-3-4-15(20)10-17)13-25-18-6-8-19(9-7-18)26(2,23)24/h3-10,14,16,21H,11-13H2,1-2H3. The van der Waals surface area contributed by atoms with E-state index in [2.05, 4.69) is 23.2 Å². The van der Waals surface area contributed by atoms with Gasteiger partial charge in [0.05, 0.1) is 10.9 Å². The Kier molecular flexibility index (Phi) is 5.75. The molecule has 0 aliphatic carbocycles. The molecule has 0 spiro atoms. The fourth-order valence-electron chi connectivity index (χ4n) is 3.04. The van der Waals surface area contributed by atoms with E-state index in [4.69, 9.17) is 16.3 Å². The molecule has 0 bridgehead atoms. The fourth-order valence-corrected chi connectivity index (χ4v) is 3.85. The Bertz CT molecular complexity index is 855. The molecule has 0 radical (unpaired) electrons. The van der Waals surface area contributed by atoms with Crippen LogP contribution in [-0.4, -0.2) is 46.5 Å². The monoisotopic (exact) mass is 394 g/mol. The normalized spacial score (nSPS) is 20.8. The van der Waals surface area contributed by atoms with E-state index >= 15 is 0 Å². The zero-order valence-corrected chi connectivity index (χ0v) is 16.4. The average Bonchev–Trinajstić information content (AvgIpc) is 2.60. The predicted molar refractivity (Wildman–Crippen MR) is 105 cm³/mol. The van der Waals surface area contributed by atoms with Gasteiger partial charge in [0.1, 0.15) is 12.4 Å². The number of halogens is 1. The summed E-state index contributed by atoms with van der Waals surface area (Å²) in [5.41, 5.74) is 1.11. The van der Waals surface area contributed by atoms with Gasteiger partial charge >= 0.3 is 0 Å². The minimum absolute atomic E-state index is 0.166. The van der Waals surface area contributed by atoms with Crippen molar-refractivity contribution in [2.45, 2.75) is 23.9 Å². The lowest BCUT2D eigenvalue weighted by molar-refractivity contribution is 0.246. The molecule has 7 heteroatoms. The van der Waals surface area contributed by atoms with Gasteiger partial charge < -0.3 is 15.0 Å². The lowest BCUT2D eigenvalue weighted by Gasteiger charge is -2.40. The highest BCUT2D eigenvalue weighted by Crippen LogP contribution is 2.23. The Labute approximate surface area is 159 Å². The molecule has 0 amide bonds. The van der Waals surface area contributed by atoms with Gasteiger partial charge in [0.25, 0.3) is 0 Å². The van der Waals surface area contributed by atoms with Gasteiger partial charge in [-0.2, -0.15) is 0 Å². The molecule has 0 saturated carbocycles. The molecule has 2 aromatic rings. The minimum Gasteiger partial charge on any atom is -0.492 e. The highest BCUT2D eigenvalue weighted by Gasteiger charge is 2.25. The third-order valence-corrected chi connectivity index (χ3v) is 5.86. The van der Waals surface area contributed by atoms with Gasteiger partial charge in [-0.1, -0.05) is 17.7 Å². The highest BCUT2D eigenvalue weighted by molar-refractivity contribution is 7.90. The molecule has 1 N–H and O–H groups in total. The second-order valence-corrected chi connectivity index (χ2v) is 9.09. The summed E-state index contributed by atoms with van der Waals surface area (Å²) in [7, 11) is -3.19. The van der Waals surface area contributed by atoms with Gasteiger partial charge in [-0.05, 0) is 49.4 Å². The van der Waals surface area contributed by atoms with Crippen LogP contribution in [0.2, 0.25) is 5.02 Å². The first kappa shape index (κ1) is 19.0. The van der Waals surface area contributed by atoms with Gasteiger partial charge in [-0.15, -0.1) is 0 Å². The Balaban J connectivity index is 1.62. The Morgan fingerprint density at radius 1 is 1.23 bits per heavy atom. The van der Waals surface area contributed by atoms with E-state index in [0.29, 0.717) is 23.3 Å². The summed E-state index contributed by atoms with van der Waals surface area (Å²) in [5.74, 6) is 0.659. The second kappa shape index (κ2) is 7.86. The maximum absolute atomic E-state index is 11.5. The Morgan fingerprint density at radius 2 is 1.96 bits per heavy atom. The van der Waals surface area contributed by atoms with E-state index in [1.54, 1.807) is 24.3 Å². The van der Waals surface area contributed by atoms with Crippen LogP contribution < -0.4 is 15.0 Å². The maximum Gasteiger partial charge on any atom is 0.175 e. The van der Waals surface area contributed by atoms with Crippen LogP contribution in [0.15, 0.2) is 53.4 Å². The number of hydrogen-bond donors (Lipinski definition) is 1. The molecule has 3 rings (SSSR count). The number of nitrogens with zero attached hydrogens (tertiary/aromatic N) is 1. The van der Waals surface area contributed by atoms with Gasteiger partial charge in [-0.25, -0.2) is 8.42 Å². The van der Waals surface area contributed by atoms with Crippen LogP contribution in [0.4, 0.5) is 5.69 Å². The fraction of sp³-hybridized carbons (Fsp3) is 0.368. The zero-order chi connectivity index (χ0) is 18.7. The second-order valence-electron chi connectivity index (χ2n) is 6.64. The Morgan fingerprint density at radius 3 is 2.62 bits per heavy atom. The van der Waals surface area contributed by atoms with Crippen molar-refractivity contribution >= 4 is 27.1 Å². The average molecular weight is 395 g/mol. The van der Waals surface area contributed by atoms with E-state index in [-0.39, 0.29) is 6.04 Å². The predicted octanol–water partition coefficient (Wildman–Crippen LogP) is 2.99. The van der Waals surface area contributed by atoms with Crippen molar-refractivity contribution in [3.63, 3.8) is 0 Å². The molecule has 0 aromatic heterocycles. The van der Waals surface area contributed by atoms with Gasteiger partial charge in [0, 0.05) is 36.1 Å². The van der Waals surface area contributed by atoms with Crippen molar-refractivity contribution in [1.82, 2.24) is 5.32 Å². The van der Waals surface area contributed by atoms with Gasteiger partial charge in [0.2, 0.25) is 0 Å². The number of benzene rings is 2. The lowest BCUT2D eigenvalue weighted by Crippen LogP contribution is -2.57. The molecule has 1 heterocycles. The SMILES string of the molecule is CC1CNC(COc2ccc(S(C)(=O)=O)cc2)CN1c1cccc(Cl)c1. The highest BCUT2D eigenvalue weighted by atomic mass is 35.5. The zero-order valence-electron chi connectivity index (χ0n) is 14.9. The molecule has 2 unspecified atom stereocenters. The van der Waals surface area contributed by atoms with Gasteiger partial charge in [0.15, 0.2) is 9.84 Å². The summed E-state index contributed by atoms with van der Waals surface area (Å²) in [6, 6.07) is 14.9. The molecule has 2 atom stereocenters. The molecular formula is C19H23ClN2O3S. The van der Waals surface area contributed by atoms with Crippen LogP contribution in [0.25, 0.3) is 0 Å². The van der Waals surface area contributed by atoms with E-state index in [9.17, 15) is 8.42 Å². The number of hydrogen-bond acceptors (Lipinski definition) is 5. The molecule has 1 aliphatic rings. The maximum atomic E-state index is 11.5. The van der Waals surface area contributed by atoms with Crippen LogP contribution in [0.3, 0.4) is 0 Å². The Hall–Kier alpha value is -1.76. The van der Waals surface area contributed by atoms with Crippen LogP contribution in [-0.2, 0) is 9.84 Å². The largest absolute Gasteiger partial charge is 0.492 e. The van der Waals surface area contributed by atoms with Crippen molar-refractivity contribution < 1.29 is 13.2 Å². The van der Waals surface area contributed by atoms with Crippen molar-refractivity contribution in [2.75, 3.05) is 30.9 Å². The number of nitrogens with one attached hydrogen (secondary N) is 1. The molecule has 140 valence electrons. The molecule has 5 nitrogen and oxygen atoms in total. The van der Waals surface area contributed by atoms with E-state index in [1.807, 2.05) is 18.2 Å². The minimum atomic E-state index is -3.19. The summed E-state index contributed by atoms with van der Waals surface area (Å²) in [6.07, 6.45) is 1.19. The van der Waals surface area contributed by atoms with Crippen molar-refractivity contribution in [3.8, 4) is 5.75 Å². The number of piperazine rings is 1. The first-order valence-electron chi connectivity index (χ1n) is 8.51. The van der Waals surface area contributed by atoms with E-state index < -0.39 is 9.84 Å². The first-order valence-corrected chi connectivity index (χ1v) is 10.8. The number of rotatable bonds is 5. The van der Waals surface area contributed by atoms with Crippen LogP contribution in [0.1, 0.15) is 6.92 Å². The summed E-state index contributed by atoms with van der Waals surface area (Å²) in [4.78, 5) is 2.62. The lowest BCUT2D eigenvalue weighted by atomic mass is 10.1. The quantitative estimate of drug-likeness (QED) is 0.844. The molecule has 1 aliphatic heterocycles. The van der Waals surface area contributed by atoms with Crippen LogP contribution in [0, 0.1) is 0 Å². The molecule has 2 aromatic carbocycles. The van der Waals surface area contributed by atoms with Crippen molar-refractivity contribution in [2.24, 2.45) is 0 Å². The van der Waals surface area contributed by atoms with Crippen molar-refractivity contribution in [3.05, 3.63) is 53.6 Å². The van der Waals surface area contributed by atoms with Crippen LogP contribution >= 0.6 is 11.6 Å². The van der Waals surface area contributed by atoms with E-state index in [0.717, 1.165) is 23.8 Å². The molecule has 1 saturated heterocycles. The third-order valence-electron chi connectivity index (χ3n) is 4.49. The molecule has 1 fully saturated rings. The summed E-state index contributed by atoms with van der Waals surface area (Å²) in [5, 5.41) is 4.22. The molecular weight excluding hydrogens is 372 g/mol. The summed E-state index contributed by atoms with van der Waals surface area (Å²) in [6.45, 7) is 4.34. The van der Waals surface area contributed by atoms with Crippen LogP contribution in [0.5, 0.6) is 5.75 Å². The number of anilines is 1. The first-order chi connectivity index (χ1) is 12.3. The smallest absolute Gasteiger partial charge is 0.175 e. The number of ether oxygens (including phenoxy) is 1. The van der Waals surface area contributed by atoms with E-state index in [1.165, 1.54) is 6.26 Å². The van der Waals surface area contributed by atoms with Gasteiger partial charge in [-0.3, -0.25) is 0 Å².